The lowest BCUT2D eigenvalue weighted by Gasteiger charge is -2.18. The van der Waals surface area contributed by atoms with E-state index in [1.54, 1.807) is 6.20 Å². The van der Waals surface area contributed by atoms with Crippen LogP contribution in [0.4, 0.5) is 18.9 Å². The molecule has 1 aliphatic heterocycles. The number of imidazole rings is 1. The van der Waals surface area contributed by atoms with Gasteiger partial charge in [-0.2, -0.15) is 13.2 Å². The lowest BCUT2D eigenvalue weighted by molar-refractivity contribution is -0.137. The van der Waals surface area contributed by atoms with E-state index in [9.17, 15) is 22.8 Å². The first-order chi connectivity index (χ1) is 13.3. The normalized spacial score (nSPS) is 17.2. The van der Waals surface area contributed by atoms with Crippen molar-refractivity contribution in [3.63, 3.8) is 0 Å². The third kappa shape index (κ3) is 4.52. The van der Waals surface area contributed by atoms with Gasteiger partial charge in [0, 0.05) is 44.1 Å². The van der Waals surface area contributed by atoms with Crippen molar-refractivity contribution in [3.8, 4) is 0 Å². The van der Waals surface area contributed by atoms with E-state index in [-0.39, 0.29) is 30.5 Å². The average Bonchev–Trinajstić information content (AvgIpc) is 3.23. The van der Waals surface area contributed by atoms with Gasteiger partial charge in [-0.05, 0) is 31.5 Å². The first-order valence-corrected chi connectivity index (χ1v) is 8.99. The number of aryl methyl sites for hydroxylation is 2. The standard InChI is InChI=1S/C19H21F3N4O2/c1-13-23-7-9-25(13)8-3-6-24-18(28)14-10-17(27)26(12-14)16-5-2-4-15(11-16)19(20,21)22/h2,4-5,7,9,11,14H,3,6,8,10,12H2,1H3,(H,24,28). The maximum absolute atomic E-state index is 12.9. The number of carbonyl (C=O) groups excluding carboxylic acids is 2. The number of alkyl halides is 3. The van der Waals surface area contributed by atoms with Crippen LogP contribution >= 0.6 is 0 Å². The molecule has 3 rings (SSSR count). The molecule has 1 aromatic carbocycles. The molecule has 9 heteroatoms. The van der Waals surface area contributed by atoms with Crippen molar-refractivity contribution in [2.75, 3.05) is 18.0 Å². The SMILES string of the molecule is Cc1nccn1CCCNC(=O)C1CC(=O)N(c2cccc(C(F)(F)F)c2)C1. The summed E-state index contributed by atoms with van der Waals surface area (Å²) in [6.45, 7) is 3.13. The number of aromatic nitrogens is 2. The van der Waals surface area contributed by atoms with E-state index in [4.69, 9.17) is 0 Å². The summed E-state index contributed by atoms with van der Waals surface area (Å²) in [4.78, 5) is 29.9. The summed E-state index contributed by atoms with van der Waals surface area (Å²) in [5.74, 6) is -0.292. The molecule has 6 nitrogen and oxygen atoms in total. The molecule has 1 fully saturated rings. The summed E-state index contributed by atoms with van der Waals surface area (Å²) >= 11 is 0. The molecule has 0 spiro atoms. The largest absolute Gasteiger partial charge is 0.416 e. The molecule has 1 N–H and O–H groups in total. The van der Waals surface area contributed by atoms with E-state index < -0.39 is 17.7 Å². The molecule has 1 aliphatic rings. The molecule has 1 aromatic heterocycles. The highest BCUT2D eigenvalue weighted by Crippen LogP contribution is 2.33. The van der Waals surface area contributed by atoms with Crippen molar-refractivity contribution in [1.82, 2.24) is 14.9 Å². The molecular weight excluding hydrogens is 373 g/mol. The first-order valence-electron chi connectivity index (χ1n) is 8.99. The number of amides is 2. The van der Waals surface area contributed by atoms with Gasteiger partial charge in [-0.3, -0.25) is 9.59 Å². The molecule has 0 aliphatic carbocycles. The number of benzene rings is 1. The summed E-state index contributed by atoms with van der Waals surface area (Å²) in [6.07, 6.45) is -0.215. The van der Waals surface area contributed by atoms with Crippen LogP contribution in [-0.4, -0.2) is 34.5 Å². The summed E-state index contributed by atoms with van der Waals surface area (Å²) in [5, 5.41) is 2.80. The first kappa shape index (κ1) is 19.9. The van der Waals surface area contributed by atoms with E-state index in [2.05, 4.69) is 10.3 Å². The van der Waals surface area contributed by atoms with Gasteiger partial charge < -0.3 is 14.8 Å². The van der Waals surface area contributed by atoms with Gasteiger partial charge >= 0.3 is 6.18 Å². The van der Waals surface area contributed by atoms with Crippen molar-refractivity contribution in [3.05, 3.63) is 48.0 Å². The Labute approximate surface area is 160 Å². The third-order valence-corrected chi connectivity index (χ3v) is 4.78. The summed E-state index contributed by atoms with van der Waals surface area (Å²) in [7, 11) is 0. The van der Waals surface area contributed by atoms with E-state index in [0.717, 1.165) is 18.0 Å². The van der Waals surface area contributed by atoms with Gasteiger partial charge in [-0.25, -0.2) is 4.98 Å². The minimum atomic E-state index is -4.48. The zero-order valence-electron chi connectivity index (χ0n) is 15.4. The third-order valence-electron chi connectivity index (χ3n) is 4.78. The Kier molecular flexibility index (Phi) is 5.71. The Morgan fingerprint density at radius 3 is 2.82 bits per heavy atom. The predicted molar refractivity (Wildman–Crippen MR) is 96.5 cm³/mol. The van der Waals surface area contributed by atoms with Crippen LogP contribution in [0.2, 0.25) is 0 Å². The molecule has 28 heavy (non-hydrogen) atoms. The Hall–Kier alpha value is -2.84. The number of nitrogens with zero attached hydrogens (tertiary/aromatic N) is 3. The van der Waals surface area contributed by atoms with Gasteiger partial charge in [0.05, 0.1) is 11.5 Å². The average molecular weight is 394 g/mol. The number of anilines is 1. The maximum atomic E-state index is 12.9. The van der Waals surface area contributed by atoms with Crippen LogP contribution in [0.5, 0.6) is 0 Å². The lowest BCUT2D eigenvalue weighted by Crippen LogP contribution is -2.33. The zero-order chi connectivity index (χ0) is 20.3. The van der Waals surface area contributed by atoms with Crippen LogP contribution in [0, 0.1) is 12.8 Å². The Morgan fingerprint density at radius 2 is 2.14 bits per heavy atom. The molecule has 0 bridgehead atoms. The molecular formula is C19H21F3N4O2. The van der Waals surface area contributed by atoms with Gasteiger partial charge in [-0.1, -0.05) is 6.07 Å². The van der Waals surface area contributed by atoms with Gasteiger partial charge in [0.2, 0.25) is 11.8 Å². The number of hydrogen-bond donors (Lipinski definition) is 1. The topological polar surface area (TPSA) is 67.2 Å². The summed E-state index contributed by atoms with van der Waals surface area (Å²) in [6, 6.07) is 4.60. The fourth-order valence-electron chi connectivity index (χ4n) is 3.23. The highest BCUT2D eigenvalue weighted by molar-refractivity contribution is 6.00. The van der Waals surface area contributed by atoms with Crippen LogP contribution in [0.15, 0.2) is 36.7 Å². The van der Waals surface area contributed by atoms with E-state index in [1.807, 2.05) is 17.7 Å². The Morgan fingerprint density at radius 1 is 1.36 bits per heavy atom. The predicted octanol–water partition coefficient (Wildman–Crippen LogP) is 2.77. The maximum Gasteiger partial charge on any atom is 0.416 e. The number of hydrogen-bond acceptors (Lipinski definition) is 3. The Bertz CT molecular complexity index is 863. The van der Waals surface area contributed by atoms with Crippen LogP contribution in [0.25, 0.3) is 0 Å². The second-order valence-corrected chi connectivity index (χ2v) is 6.77. The number of rotatable bonds is 6. The van der Waals surface area contributed by atoms with Crippen LogP contribution < -0.4 is 10.2 Å². The fraction of sp³-hybridized carbons (Fsp3) is 0.421. The van der Waals surface area contributed by atoms with Crippen molar-refractivity contribution < 1.29 is 22.8 Å². The van der Waals surface area contributed by atoms with Crippen LogP contribution in [-0.2, 0) is 22.3 Å². The van der Waals surface area contributed by atoms with E-state index in [1.165, 1.54) is 17.0 Å². The van der Waals surface area contributed by atoms with Gasteiger partial charge in [0.1, 0.15) is 5.82 Å². The molecule has 0 radical (unpaired) electrons. The highest BCUT2D eigenvalue weighted by Gasteiger charge is 2.36. The smallest absolute Gasteiger partial charge is 0.356 e. The fourth-order valence-corrected chi connectivity index (χ4v) is 3.23. The second kappa shape index (κ2) is 8.04. The van der Waals surface area contributed by atoms with E-state index >= 15 is 0 Å². The number of carbonyl (C=O) groups is 2. The highest BCUT2D eigenvalue weighted by atomic mass is 19.4. The van der Waals surface area contributed by atoms with Gasteiger partial charge in [0.15, 0.2) is 0 Å². The molecule has 2 heterocycles. The minimum absolute atomic E-state index is 0.0112. The van der Waals surface area contributed by atoms with Crippen molar-refractivity contribution in [2.45, 2.75) is 32.5 Å². The zero-order valence-corrected chi connectivity index (χ0v) is 15.4. The Balaban J connectivity index is 1.54. The summed E-state index contributed by atoms with van der Waals surface area (Å²) in [5.41, 5.74) is -0.661. The van der Waals surface area contributed by atoms with Crippen molar-refractivity contribution in [1.29, 1.82) is 0 Å². The van der Waals surface area contributed by atoms with Crippen LogP contribution in [0.1, 0.15) is 24.2 Å². The van der Waals surface area contributed by atoms with E-state index in [0.29, 0.717) is 19.5 Å². The molecule has 2 amide bonds. The number of halogens is 3. The molecule has 1 saturated heterocycles. The molecule has 1 unspecified atom stereocenters. The van der Waals surface area contributed by atoms with Crippen LogP contribution in [0.3, 0.4) is 0 Å². The quantitative estimate of drug-likeness (QED) is 0.767. The second-order valence-electron chi connectivity index (χ2n) is 6.77. The minimum Gasteiger partial charge on any atom is -0.356 e. The van der Waals surface area contributed by atoms with Gasteiger partial charge in [0.25, 0.3) is 0 Å². The molecule has 0 saturated carbocycles. The van der Waals surface area contributed by atoms with Gasteiger partial charge in [-0.15, -0.1) is 0 Å². The van der Waals surface area contributed by atoms with Crippen molar-refractivity contribution >= 4 is 17.5 Å². The summed E-state index contributed by atoms with van der Waals surface area (Å²) < 4.78 is 40.6. The number of nitrogens with one attached hydrogen (secondary N) is 1. The van der Waals surface area contributed by atoms with Crippen molar-refractivity contribution in [2.24, 2.45) is 5.92 Å². The lowest BCUT2D eigenvalue weighted by atomic mass is 10.1. The monoisotopic (exact) mass is 394 g/mol. The molecule has 1 atom stereocenters. The molecule has 150 valence electrons. The molecule has 2 aromatic rings.